The van der Waals surface area contributed by atoms with Crippen LogP contribution in [0.1, 0.15) is 18.2 Å². The Balaban J connectivity index is 1.97. The van der Waals surface area contributed by atoms with Crippen LogP contribution in [0.15, 0.2) is 42.6 Å². The Labute approximate surface area is 161 Å². The van der Waals surface area contributed by atoms with E-state index in [1.807, 2.05) is 31.2 Å². The fourth-order valence-corrected chi connectivity index (χ4v) is 2.43. The molecule has 0 bridgehead atoms. The molecule has 0 radical (unpaired) electrons. The third-order valence-corrected chi connectivity index (χ3v) is 3.75. The van der Waals surface area contributed by atoms with E-state index < -0.39 is 5.97 Å². The van der Waals surface area contributed by atoms with Crippen molar-refractivity contribution in [3.05, 3.63) is 59.0 Å². The van der Waals surface area contributed by atoms with E-state index in [1.54, 1.807) is 19.1 Å². The second-order valence-corrected chi connectivity index (χ2v) is 6.04. The van der Waals surface area contributed by atoms with Crippen molar-refractivity contribution in [2.45, 2.75) is 20.3 Å². The van der Waals surface area contributed by atoms with Crippen molar-refractivity contribution in [3.63, 3.8) is 0 Å². The third-order valence-electron chi connectivity index (χ3n) is 3.53. The molecule has 0 unspecified atom stereocenters. The molecule has 0 fully saturated rings. The van der Waals surface area contributed by atoms with Gasteiger partial charge in [0.15, 0.2) is 5.82 Å². The third kappa shape index (κ3) is 4.98. The quantitative estimate of drug-likeness (QED) is 0.472. The number of hydrogen-bond donors (Lipinski definition) is 0. The van der Waals surface area contributed by atoms with Gasteiger partial charge in [0.05, 0.1) is 19.2 Å². The lowest BCUT2D eigenvalue weighted by atomic mass is 10.1. The van der Waals surface area contributed by atoms with Crippen LogP contribution < -0.4 is 4.74 Å². The number of ether oxygens (including phenoxy) is 2. The van der Waals surface area contributed by atoms with Crippen molar-refractivity contribution in [1.29, 1.82) is 0 Å². The van der Waals surface area contributed by atoms with Gasteiger partial charge in [-0.3, -0.25) is 4.79 Å². The van der Waals surface area contributed by atoms with E-state index in [0.29, 0.717) is 16.7 Å². The van der Waals surface area contributed by atoms with Gasteiger partial charge in [-0.2, -0.15) is 4.98 Å². The lowest BCUT2D eigenvalue weighted by Gasteiger charge is -2.10. The predicted octanol–water partition coefficient (Wildman–Crippen LogP) is 3.79. The number of hydrogen-bond acceptors (Lipinski definition) is 7. The second-order valence-electron chi connectivity index (χ2n) is 5.66. The number of benzene rings is 1. The van der Waals surface area contributed by atoms with Gasteiger partial charge in [-0.15, -0.1) is 10.2 Å². The summed E-state index contributed by atoms with van der Waals surface area (Å²) < 4.78 is 10.8. The summed E-state index contributed by atoms with van der Waals surface area (Å²) in [4.78, 5) is 20.3. The highest BCUT2D eigenvalue weighted by molar-refractivity contribution is 6.29. The SMILES string of the molecule is CCOC(=O)Cc1nnc(-c2cccc(C)c2)nc1Oc1ccc(Cl)nc1. The standard InChI is InChI=1S/C19H17ClN4O3/c1-3-26-17(25)10-15-19(27-14-7-8-16(20)21-11-14)22-18(24-23-15)13-6-4-5-12(2)9-13/h4-9,11H,3,10H2,1-2H3. The molecular weight excluding hydrogens is 368 g/mol. The van der Waals surface area contributed by atoms with E-state index in [4.69, 9.17) is 21.1 Å². The highest BCUT2D eigenvalue weighted by Crippen LogP contribution is 2.25. The summed E-state index contributed by atoms with van der Waals surface area (Å²) in [5.41, 5.74) is 2.14. The number of esters is 1. The molecule has 0 amide bonds. The van der Waals surface area contributed by atoms with Gasteiger partial charge in [0.25, 0.3) is 0 Å². The molecule has 2 aromatic heterocycles. The summed E-state index contributed by atoms with van der Waals surface area (Å²) in [6.07, 6.45) is 1.36. The van der Waals surface area contributed by atoms with Gasteiger partial charge in [-0.25, -0.2) is 4.98 Å². The molecule has 7 nitrogen and oxygen atoms in total. The monoisotopic (exact) mass is 384 g/mol. The predicted molar refractivity (Wildman–Crippen MR) is 99.7 cm³/mol. The topological polar surface area (TPSA) is 87.1 Å². The smallest absolute Gasteiger partial charge is 0.312 e. The maximum Gasteiger partial charge on any atom is 0.312 e. The van der Waals surface area contributed by atoms with Gasteiger partial charge in [0, 0.05) is 5.56 Å². The minimum Gasteiger partial charge on any atom is -0.466 e. The van der Waals surface area contributed by atoms with Crippen molar-refractivity contribution in [2.75, 3.05) is 6.61 Å². The van der Waals surface area contributed by atoms with Crippen LogP contribution in [0.5, 0.6) is 11.6 Å². The van der Waals surface area contributed by atoms with Crippen LogP contribution in [0.2, 0.25) is 5.15 Å². The Bertz CT molecular complexity index is 948. The molecule has 0 spiro atoms. The van der Waals surface area contributed by atoms with Crippen LogP contribution in [0.3, 0.4) is 0 Å². The molecular formula is C19H17ClN4O3. The number of aromatic nitrogens is 4. The van der Waals surface area contributed by atoms with Gasteiger partial charge in [0.1, 0.15) is 16.6 Å². The average Bonchev–Trinajstić information content (AvgIpc) is 2.65. The number of carbonyl (C=O) groups is 1. The number of rotatable bonds is 6. The van der Waals surface area contributed by atoms with Crippen molar-refractivity contribution in [2.24, 2.45) is 0 Å². The average molecular weight is 385 g/mol. The van der Waals surface area contributed by atoms with Gasteiger partial charge < -0.3 is 9.47 Å². The van der Waals surface area contributed by atoms with E-state index >= 15 is 0 Å². The van der Waals surface area contributed by atoms with E-state index in [9.17, 15) is 4.79 Å². The summed E-state index contributed by atoms with van der Waals surface area (Å²) in [6, 6.07) is 10.9. The van der Waals surface area contributed by atoms with Crippen LogP contribution in [0, 0.1) is 6.92 Å². The molecule has 0 aliphatic rings. The minimum atomic E-state index is -0.434. The van der Waals surface area contributed by atoms with Gasteiger partial charge >= 0.3 is 5.97 Å². The number of pyridine rings is 1. The van der Waals surface area contributed by atoms with Crippen LogP contribution in [-0.4, -0.2) is 32.7 Å². The summed E-state index contributed by atoms with van der Waals surface area (Å²) in [7, 11) is 0. The summed E-state index contributed by atoms with van der Waals surface area (Å²) >= 11 is 5.80. The first-order valence-corrected chi connectivity index (χ1v) is 8.68. The Kier molecular flexibility index (Phi) is 5.93. The molecule has 0 aliphatic heterocycles. The van der Waals surface area contributed by atoms with Crippen LogP contribution in [0.25, 0.3) is 11.4 Å². The van der Waals surface area contributed by atoms with E-state index in [2.05, 4.69) is 20.2 Å². The zero-order valence-corrected chi connectivity index (χ0v) is 15.6. The maximum atomic E-state index is 11.9. The van der Waals surface area contributed by atoms with Crippen LogP contribution in [0.4, 0.5) is 0 Å². The fourth-order valence-electron chi connectivity index (χ4n) is 2.32. The molecule has 3 aromatic rings. The molecule has 0 atom stereocenters. The van der Waals surface area contributed by atoms with Gasteiger partial charge in [0.2, 0.25) is 5.88 Å². The van der Waals surface area contributed by atoms with Crippen LogP contribution >= 0.6 is 11.6 Å². The Morgan fingerprint density at radius 2 is 2.04 bits per heavy atom. The summed E-state index contributed by atoms with van der Waals surface area (Å²) in [5.74, 6) is 0.540. The molecule has 3 rings (SSSR count). The van der Waals surface area contributed by atoms with E-state index in [1.165, 1.54) is 6.20 Å². The molecule has 0 N–H and O–H groups in total. The number of nitrogens with zero attached hydrogens (tertiary/aromatic N) is 4. The maximum absolute atomic E-state index is 11.9. The zero-order chi connectivity index (χ0) is 19.2. The normalized spacial score (nSPS) is 10.5. The molecule has 138 valence electrons. The highest BCUT2D eigenvalue weighted by atomic mass is 35.5. The first-order valence-electron chi connectivity index (χ1n) is 8.31. The lowest BCUT2D eigenvalue weighted by molar-refractivity contribution is -0.142. The largest absolute Gasteiger partial charge is 0.466 e. The van der Waals surface area contributed by atoms with Crippen molar-refractivity contribution in [1.82, 2.24) is 20.2 Å². The minimum absolute atomic E-state index is 0.0989. The highest BCUT2D eigenvalue weighted by Gasteiger charge is 2.17. The molecule has 8 heteroatoms. The van der Waals surface area contributed by atoms with Crippen molar-refractivity contribution < 1.29 is 14.3 Å². The first kappa shape index (κ1) is 18.7. The molecule has 0 aliphatic carbocycles. The first-order chi connectivity index (χ1) is 13.0. The Hall–Kier alpha value is -3.06. The number of carbonyl (C=O) groups excluding carboxylic acids is 1. The molecule has 2 heterocycles. The lowest BCUT2D eigenvalue weighted by Crippen LogP contribution is -2.12. The number of halogens is 1. The van der Waals surface area contributed by atoms with Crippen LogP contribution in [-0.2, 0) is 16.0 Å². The zero-order valence-electron chi connectivity index (χ0n) is 14.8. The fraction of sp³-hybridized carbons (Fsp3) is 0.211. The van der Waals surface area contributed by atoms with Crippen molar-refractivity contribution in [3.8, 4) is 23.0 Å². The molecule has 27 heavy (non-hydrogen) atoms. The summed E-state index contributed by atoms with van der Waals surface area (Å²) in [6.45, 7) is 3.99. The Morgan fingerprint density at radius 3 is 2.74 bits per heavy atom. The Morgan fingerprint density at radius 1 is 1.19 bits per heavy atom. The van der Waals surface area contributed by atoms with Crippen molar-refractivity contribution >= 4 is 17.6 Å². The van der Waals surface area contributed by atoms with Gasteiger partial charge in [-0.05, 0) is 32.0 Å². The summed E-state index contributed by atoms with van der Waals surface area (Å²) in [5, 5.41) is 8.61. The number of aryl methyl sites for hydroxylation is 1. The molecule has 1 aromatic carbocycles. The second kappa shape index (κ2) is 8.55. The van der Waals surface area contributed by atoms with E-state index in [0.717, 1.165) is 11.1 Å². The van der Waals surface area contributed by atoms with E-state index in [-0.39, 0.29) is 24.6 Å². The molecule has 0 saturated carbocycles. The van der Waals surface area contributed by atoms with Gasteiger partial charge in [-0.1, -0.05) is 35.4 Å². The molecule has 0 saturated heterocycles.